The van der Waals surface area contributed by atoms with Gasteiger partial charge in [-0.1, -0.05) is 15.9 Å². The predicted molar refractivity (Wildman–Crippen MR) is 73.2 cm³/mol. The number of phenols is 1. The van der Waals surface area contributed by atoms with Gasteiger partial charge in [0.2, 0.25) is 0 Å². The standard InChI is InChI=1S/C13H19BrN2O/c1-15-8-12-3-2-6-16(12)9-10-7-11(14)4-5-13(10)17/h4-5,7,12,15,17H,2-3,6,8-9H2,1H3. The predicted octanol–water partition coefficient (Wildman–Crippen LogP) is 2.34. The van der Waals surface area contributed by atoms with Gasteiger partial charge in [-0.2, -0.15) is 0 Å². The van der Waals surface area contributed by atoms with Crippen LogP contribution >= 0.6 is 15.9 Å². The van der Waals surface area contributed by atoms with Crippen LogP contribution in [0.5, 0.6) is 5.75 Å². The monoisotopic (exact) mass is 298 g/mol. The average Bonchev–Trinajstić information content (AvgIpc) is 2.72. The minimum atomic E-state index is 0.392. The molecule has 1 heterocycles. The van der Waals surface area contributed by atoms with E-state index in [1.807, 2.05) is 19.2 Å². The van der Waals surface area contributed by atoms with E-state index in [1.54, 1.807) is 6.07 Å². The number of phenolic OH excluding ortho intramolecular Hbond substituents is 1. The summed E-state index contributed by atoms with van der Waals surface area (Å²) in [4.78, 5) is 2.44. The maximum absolute atomic E-state index is 9.85. The fraction of sp³-hybridized carbons (Fsp3) is 0.538. The smallest absolute Gasteiger partial charge is 0.120 e. The Morgan fingerprint density at radius 2 is 2.35 bits per heavy atom. The zero-order valence-corrected chi connectivity index (χ0v) is 11.7. The van der Waals surface area contributed by atoms with Crippen LogP contribution in [0.25, 0.3) is 0 Å². The van der Waals surface area contributed by atoms with E-state index in [4.69, 9.17) is 0 Å². The van der Waals surface area contributed by atoms with E-state index in [1.165, 1.54) is 12.8 Å². The summed E-state index contributed by atoms with van der Waals surface area (Å²) in [5, 5.41) is 13.1. The van der Waals surface area contributed by atoms with Crippen molar-refractivity contribution in [1.29, 1.82) is 0 Å². The van der Waals surface area contributed by atoms with Gasteiger partial charge in [0.15, 0.2) is 0 Å². The first-order valence-corrected chi connectivity index (χ1v) is 6.86. The lowest BCUT2D eigenvalue weighted by atomic mass is 10.1. The van der Waals surface area contributed by atoms with Crippen molar-refractivity contribution in [3.05, 3.63) is 28.2 Å². The summed E-state index contributed by atoms with van der Waals surface area (Å²) in [6, 6.07) is 6.22. The van der Waals surface area contributed by atoms with Crippen molar-refractivity contribution in [2.24, 2.45) is 0 Å². The van der Waals surface area contributed by atoms with Crippen molar-refractivity contribution in [3.8, 4) is 5.75 Å². The van der Waals surface area contributed by atoms with E-state index in [0.717, 1.165) is 29.7 Å². The van der Waals surface area contributed by atoms with Crippen LogP contribution < -0.4 is 5.32 Å². The highest BCUT2D eigenvalue weighted by atomic mass is 79.9. The number of benzene rings is 1. The van der Waals surface area contributed by atoms with Crippen molar-refractivity contribution in [1.82, 2.24) is 10.2 Å². The van der Waals surface area contributed by atoms with Gasteiger partial charge in [-0.15, -0.1) is 0 Å². The highest BCUT2D eigenvalue weighted by Crippen LogP contribution is 2.26. The quantitative estimate of drug-likeness (QED) is 0.896. The molecule has 1 fully saturated rings. The number of likely N-dealkylation sites (tertiary alicyclic amines) is 1. The lowest BCUT2D eigenvalue weighted by Crippen LogP contribution is -2.36. The molecule has 0 aliphatic carbocycles. The van der Waals surface area contributed by atoms with Gasteiger partial charge < -0.3 is 10.4 Å². The van der Waals surface area contributed by atoms with E-state index in [0.29, 0.717) is 11.8 Å². The number of likely N-dealkylation sites (N-methyl/N-ethyl adjacent to an activating group) is 1. The number of hydrogen-bond donors (Lipinski definition) is 2. The Morgan fingerprint density at radius 1 is 1.53 bits per heavy atom. The van der Waals surface area contributed by atoms with E-state index in [-0.39, 0.29) is 0 Å². The lowest BCUT2D eigenvalue weighted by Gasteiger charge is -2.24. The van der Waals surface area contributed by atoms with Crippen LogP contribution in [0.3, 0.4) is 0 Å². The molecule has 4 heteroatoms. The van der Waals surface area contributed by atoms with Crippen LogP contribution in [0.1, 0.15) is 18.4 Å². The lowest BCUT2D eigenvalue weighted by molar-refractivity contribution is 0.239. The molecular formula is C13H19BrN2O. The zero-order valence-electron chi connectivity index (χ0n) is 10.1. The molecule has 1 atom stereocenters. The summed E-state index contributed by atoms with van der Waals surface area (Å²) in [5.41, 5.74) is 1.00. The summed E-state index contributed by atoms with van der Waals surface area (Å²) in [6.45, 7) is 2.98. The van der Waals surface area contributed by atoms with Gasteiger partial charge in [-0.3, -0.25) is 4.90 Å². The Morgan fingerprint density at radius 3 is 3.12 bits per heavy atom. The number of nitrogens with zero attached hydrogens (tertiary/aromatic N) is 1. The van der Waals surface area contributed by atoms with E-state index >= 15 is 0 Å². The SMILES string of the molecule is CNCC1CCCN1Cc1cc(Br)ccc1O. The summed E-state index contributed by atoms with van der Waals surface area (Å²) in [7, 11) is 1.99. The van der Waals surface area contributed by atoms with Crippen LogP contribution in [0.15, 0.2) is 22.7 Å². The molecule has 1 aliphatic heterocycles. The van der Waals surface area contributed by atoms with Crippen molar-refractivity contribution in [3.63, 3.8) is 0 Å². The Balaban J connectivity index is 2.06. The second-order valence-corrected chi connectivity index (χ2v) is 5.51. The van der Waals surface area contributed by atoms with Gasteiger partial charge in [-0.25, -0.2) is 0 Å². The van der Waals surface area contributed by atoms with Crippen molar-refractivity contribution in [2.75, 3.05) is 20.1 Å². The summed E-state index contributed by atoms with van der Waals surface area (Å²) in [5.74, 6) is 0.392. The van der Waals surface area contributed by atoms with Crippen molar-refractivity contribution >= 4 is 15.9 Å². The molecule has 17 heavy (non-hydrogen) atoms. The Bertz CT molecular complexity index is 384. The van der Waals surface area contributed by atoms with E-state index < -0.39 is 0 Å². The van der Waals surface area contributed by atoms with Gasteiger partial charge in [0.1, 0.15) is 5.75 Å². The Kier molecular flexibility index (Phi) is 4.42. The van der Waals surface area contributed by atoms with Crippen LogP contribution in [0, 0.1) is 0 Å². The zero-order chi connectivity index (χ0) is 12.3. The molecule has 1 saturated heterocycles. The number of hydrogen-bond acceptors (Lipinski definition) is 3. The van der Waals surface area contributed by atoms with Crippen LogP contribution in [-0.4, -0.2) is 36.2 Å². The molecule has 0 spiro atoms. The fourth-order valence-corrected chi connectivity index (χ4v) is 2.88. The average molecular weight is 299 g/mol. The second kappa shape index (κ2) is 5.85. The molecule has 0 amide bonds. The molecule has 1 unspecified atom stereocenters. The molecule has 94 valence electrons. The number of aromatic hydroxyl groups is 1. The van der Waals surface area contributed by atoms with Gasteiger partial charge in [0, 0.05) is 29.2 Å². The minimum absolute atomic E-state index is 0.392. The second-order valence-electron chi connectivity index (χ2n) is 4.60. The molecule has 0 radical (unpaired) electrons. The molecule has 1 aliphatic rings. The topological polar surface area (TPSA) is 35.5 Å². The van der Waals surface area contributed by atoms with Gasteiger partial charge in [0.05, 0.1) is 0 Å². The molecule has 0 bridgehead atoms. The van der Waals surface area contributed by atoms with Gasteiger partial charge >= 0.3 is 0 Å². The van der Waals surface area contributed by atoms with E-state index in [9.17, 15) is 5.11 Å². The highest BCUT2D eigenvalue weighted by molar-refractivity contribution is 9.10. The minimum Gasteiger partial charge on any atom is -0.508 e. The molecule has 0 saturated carbocycles. The third-order valence-electron chi connectivity index (χ3n) is 3.35. The molecule has 3 nitrogen and oxygen atoms in total. The summed E-state index contributed by atoms with van der Waals surface area (Å²) >= 11 is 3.45. The van der Waals surface area contributed by atoms with Gasteiger partial charge in [0.25, 0.3) is 0 Å². The Hall–Kier alpha value is -0.580. The first-order chi connectivity index (χ1) is 8.20. The Labute approximate surface area is 111 Å². The third-order valence-corrected chi connectivity index (χ3v) is 3.85. The first kappa shape index (κ1) is 12.9. The fourth-order valence-electron chi connectivity index (χ4n) is 2.47. The van der Waals surface area contributed by atoms with Crippen molar-refractivity contribution in [2.45, 2.75) is 25.4 Å². The van der Waals surface area contributed by atoms with E-state index in [2.05, 4.69) is 26.1 Å². The normalized spacial score (nSPS) is 20.9. The summed E-state index contributed by atoms with van der Waals surface area (Å²) in [6.07, 6.45) is 2.50. The van der Waals surface area contributed by atoms with Crippen LogP contribution in [0.4, 0.5) is 0 Å². The van der Waals surface area contributed by atoms with Crippen LogP contribution in [0.2, 0.25) is 0 Å². The number of nitrogens with one attached hydrogen (secondary N) is 1. The molecule has 2 rings (SSSR count). The highest BCUT2D eigenvalue weighted by Gasteiger charge is 2.24. The maximum atomic E-state index is 9.85. The third kappa shape index (κ3) is 3.21. The summed E-state index contributed by atoms with van der Waals surface area (Å²) < 4.78 is 1.02. The number of halogens is 1. The van der Waals surface area contributed by atoms with Gasteiger partial charge in [-0.05, 0) is 44.6 Å². The first-order valence-electron chi connectivity index (χ1n) is 6.06. The molecular weight excluding hydrogens is 280 g/mol. The molecule has 1 aromatic carbocycles. The van der Waals surface area contributed by atoms with Crippen LogP contribution in [-0.2, 0) is 6.54 Å². The molecule has 2 N–H and O–H groups in total. The molecule has 0 aromatic heterocycles. The van der Waals surface area contributed by atoms with Crippen molar-refractivity contribution < 1.29 is 5.11 Å². The number of rotatable bonds is 4. The maximum Gasteiger partial charge on any atom is 0.120 e. The molecule has 1 aromatic rings. The largest absolute Gasteiger partial charge is 0.508 e.